The second-order valence-corrected chi connectivity index (χ2v) is 5.67. The number of piperidine rings is 1. The van der Waals surface area contributed by atoms with Crippen LogP contribution in [0.25, 0.3) is 6.08 Å². The maximum Gasteiger partial charge on any atom is 0.185 e. The van der Waals surface area contributed by atoms with E-state index in [0.29, 0.717) is 0 Å². The number of nitrogens with zero attached hydrogens (tertiary/aromatic N) is 1. The molecule has 3 rings (SSSR count). The molecule has 22 heavy (non-hydrogen) atoms. The van der Waals surface area contributed by atoms with Crippen molar-refractivity contribution < 1.29 is 4.79 Å². The average molecular weight is 291 g/mol. The van der Waals surface area contributed by atoms with Gasteiger partial charge in [0, 0.05) is 24.3 Å². The SMILES string of the molecule is O=C(C=Cc1ccccc1N1CCCCC1)c1ccccc1. The minimum atomic E-state index is 0.0500. The van der Waals surface area contributed by atoms with Gasteiger partial charge in [0.25, 0.3) is 0 Å². The molecule has 2 aromatic rings. The van der Waals surface area contributed by atoms with E-state index >= 15 is 0 Å². The third-order valence-corrected chi connectivity index (χ3v) is 4.11. The zero-order chi connectivity index (χ0) is 15.2. The molecule has 0 amide bonds. The normalized spacial score (nSPS) is 15.2. The molecule has 0 N–H and O–H groups in total. The largest absolute Gasteiger partial charge is 0.371 e. The van der Waals surface area contributed by atoms with Gasteiger partial charge in [0.2, 0.25) is 0 Å². The maximum atomic E-state index is 12.2. The molecule has 1 fully saturated rings. The molecule has 1 aliphatic heterocycles. The summed E-state index contributed by atoms with van der Waals surface area (Å²) in [6, 6.07) is 17.7. The number of hydrogen-bond acceptors (Lipinski definition) is 2. The summed E-state index contributed by atoms with van der Waals surface area (Å²) in [5, 5.41) is 0. The topological polar surface area (TPSA) is 20.3 Å². The van der Waals surface area contributed by atoms with Gasteiger partial charge in [0.05, 0.1) is 0 Å². The number of carbonyl (C=O) groups is 1. The van der Waals surface area contributed by atoms with E-state index in [2.05, 4.69) is 23.1 Å². The van der Waals surface area contributed by atoms with Crippen molar-refractivity contribution in [1.82, 2.24) is 0 Å². The van der Waals surface area contributed by atoms with E-state index in [-0.39, 0.29) is 5.78 Å². The first-order valence-electron chi connectivity index (χ1n) is 7.96. The number of hydrogen-bond donors (Lipinski definition) is 0. The number of anilines is 1. The Kier molecular flexibility index (Phi) is 4.69. The van der Waals surface area contributed by atoms with Gasteiger partial charge in [-0.05, 0) is 43.0 Å². The van der Waals surface area contributed by atoms with E-state index in [1.165, 1.54) is 24.9 Å². The fourth-order valence-corrected chi connectivity index (χ4v) is 2.92. The number of para-hydroxylation sites is 1. The minimum Gasteiger partial charge on any atom is -0.371 e. The van der Waals surface area contributed by atoms with E-state index in [1.807, 2.05) is 42.5 Å². The van der Waals surface area contributed by atoms with Crippen LogP contribution in [0.2, 0.25) is 0 Å². The zero-order valence-electron chi connectivity index (χ0n) is 12.7. The first kappa shape index (κ1) is 14.6. The molecule has 0 aromatic heterocycles. The van der Waals surface area contributed by atoms with Crippen molar-refractivity contribution in [3.63, 3.8) is 0 Å². The van der Waals surface area contributed by atoms with Crippen LogP contribution in [0.15, 0.2) is 60.7 Å². The third-order valence-electron chi connectivity index (χ3n) is 4.11. The van der Waals surface area contributed by atoms with E-state index in [4.69, 9.17) is 0 Å². The summed E-state index contributed by atoms with van der Waals surface area (Å²) in [6.45, 7) is 2.22. The lowest BCUT2D eigenvalue weighted by molar-refractivity contribution is 0.104. The Labute approximate surface area is 132 Å². The second kappa shape index (κ2) is 7.08. The number of benzene rings is 2. The molecular formula is C20H21NO. The van der Waals surface area contributed by atoms with Gasteiger partial charge in [-0.3, -0.25) is 4.79 Å². The quantitative estimate of drug-likeness (QED) is 0.607. The van der Waals surface area contributed by atoms with Crippen molar-refractivity contribution in [1.29, 1.82) is 0 Å². The average Bonchev–Trinajstić information content (AvgIpc) is 2.61. The van der Waals surface area contributed by atoms with Gasteiger partial charge < -0.3 is 4.90 Å². The van der Waals surface area contributed by atoms with Crippen LogP contribution < -0.4 is 4.90 Å². The van der Waals surface area contributed by atoms with Gasteiger partial charge in [-0.15, -0.1) is 0 Å². The molecule has 0 atom stereocenters. The first-order chi connectivity index (χ1) is 10.8. The standard InChI is InChI=1S/C20H21NO/c22-20(18-10-3-1-4-11-18)14-13-17-9-5-6-12-19(17)21-15-7-2-8-16-21/h1,3-6,9-14H,2,7-8,15-16H2. The van der Waals surface area contributed by atoms with Gasteiger partial charge >= 0.3 is 0 Å². The summed E-state index contributed by atoms with van der Waals surface area (Å²) in [4.78, 5) is 14.6. The molecule has 0 bridgehead atoms. The highest BCUT2D eigenvalue weighted by Gasteiger charge is 2.13. The summed E-state index contributed by atoms with van der Waals surface area (Å²) in [5.74, 6) is 0.0500. The number of allylic oxidation sites excluding steroid dienone is 1. The van der Waals surface area contributed by atoms with Crippen molar-refractivity contribution in [2.24, 2.45) is 0 Å². The highest BCUT2D eigenvalue weighted by atomic mass is 16.1. The molecule has 2 nitrogen and oxygen atoms in total. The van der Waals surface area contributed by atoms with Crippen LogP contribution in [0.4, 0.5) is 5.69 Å². The molecule has 1 saturated heterocycles. The molecule has 2 aromatic carbocycles. The Morgan fingerprint density at radius 1 is 0.864 bits per heavy atom. The van der Waals surface area contributed by atoms with Crippen LogP contribution >= 0.6 is 0 Å². The Morgan fingerprint density at radius 3 is 2.32 bits per heavy atom. The molecule has 0 aliphatic carbocycles. The van der Waals surface area contributed by atoms with Crippen molar-refractivity contribution in [3.05, 3.63) is 71.8 Å². The van der Waals surface area contributed by atoms with E-state index in [1.54, 1.807) is 6.08 Å². The molecule has 1 aliphatic rings. The number of rotatable bonds is 4. The fraction of sp³-hybridized carbons (Fsp3) is 0.250. The van der Waals surface area contributed by atoms with E-state index in [9.17, 15) is 4.79 Å². The van der Waals surface area contributed by atoms with Crippen molar-refractivity contribution in [3.8, 4) is 0 Å². The molecule has 0 radical (unpaired) electrons. The predicted molar refractivity (Wildman–Crippen MR) is 92.3 cm³/mol. The summed E-state index contributed by atoms with van der Waals surface area (Å²) in [7, 11) is 0. The van der Waals surface area contributed by atoms with Gasteiger partial charge in [-0.25, -0.2) is 0 Å². The molecule has 0 saturated carbocycles. The summed E-state index contributed by atoms with van der Waals surface area (Å²) in [5.41, 5.74) is 3.09. The monoisotopic (exact) mass is 291 g/mol. The van der Waals surface area contributed by atoms with Gasteiger partial charge in [-0.2, -0.15) is 0 Å². The molecule has 1 heterocycles. The van der Waals surface area contributed by atoms with Crippen LogP contribution in [0.3, 0.4) is 0 Å². The van der Waals surface area contributed by atoms with Crippen LogP contribution in [-0.4, -0.2) is 18.9 Å². The van der Waals surface area contributed by atoms with Gasteiger partial charge in [-0.1, -0.05) is 48.5 Å². The smallest absolute Gasteiger partial charge is 0.185 e. The third kappa shape index (κ3) is 3.45. The number of carbonyl (C=O) groups excluding carboxylic acids is 1. The highest BCUT2D eigenvalue weighted by Crippen LogP contribution is 2.25. The number of ketones is 1. The zero-order valence-corrected chi connectivity index (χ0v) is 12.7. The van der Waals surface area contributed by atoms with E-state index < -0.39 is 0 Å². The Balaban J connectivity index is 1.80. The molecular weight excluding hydrogens is 270 g/mol. The minimum absolute atomic E-state index is 0.0500. The van der Waals surface area contributed by atoms with Crippen molar-refractivity contribution in [2.75, 3.05) is 18.0 Å². The van der Waals surface area contributed by atoms with Gasteiger partial charge in [0.15, 0.2) is 5.78 Å². The van der Waals surface area contributed by atoms with Crippen LogP contribution in [0, 0.1) is 0 Å². The lowest BCUT2D eigenvalue weighted by Crippen LogP contribution is -2.29. The molecule has 112 valence electrons. The molecule has 0 spiro atoms. The molecule has 0 unspecified atom stereocenters. The lowest BCUT2D eigenvalue weighted by atomic mass is 10.1. The van der Waals surface area contributed by atoms with Crippen molar-refractivity contribution >= 4 is 17.5 Å². The highest BCUT2D eigenvalue weighted by molar-refractivity contribution is 6.07. The van der Waals surface area contributed by atoms with E-state index in [0.717, 1.165) is 24.2 Å². The summed E-state index contributed by atoms with van der Waals surface area (Å²) >= 11 is 0. The Hall–Kier alpha value is -2.35. The Morgan fingerprint density at radius 2 is 1.55 bits per heavy atom. The fourth-order valence-electron chi connectivity index (χ4n) is 2.92. The molecule has 2 heteroatoms. The van der Waals surface area contributed by atoms with Crippen molar-refractivity contribution in [2.45, 2.75) is 19.3 Å². The predicted octanol–water partition coefficient (Wildman–Crippen LogP) is 4.57. The summed E-state index contributed by atoms with van der Waals surface area (Å²) < 4.78 is 0. The summed E-state index contributed by atoms with van der Waals surface area (Å²) in [6.07, 6.45) is 7.44. The van der Waals surface area contributed by atoms with Crippen LogP contribution in [-0.2, 0) is 0 Å². The maximum absolute atomic E-state index is 12.2. The first-order valence-corrected chi connectivity index (χ1v) is 7.96. The van der Waals surface area contributed by atoms with Crippen LogP contribution in [0.1, 0.15) is 35.2 Å². The van der Waals surface area contributed by atoms with Crippen LogP contribution in [0.5, 0.6) is 0 Å². The lowest BCUT2D eigenvalue weighted by Gasteiger charge is -2.30. The second-order valence-electron chi connectivity index (χ2n) is 5.67. The Bertz CT molecular complexity index is 654. The van der Waals surface area contributed by atoms with Gasteiger partial charge in [0.1, 0.15) is 0 Å².